The lowest BCUT2D eigenvalue weighted by atomic mass is 9.99. The Morgan fingerprint density at radius 3 is 2.29 bits per heavy atom. The van der Waals surface area contributed by atoms with Gasteiger partial charge >= 0.3 is 0 Å². The average molecular weight is 301 g/mol. The minimum absolute atomic E-state index is 0.129. The van der Waals surface area contributed by atoms with Crippen LogP contribution in [0.15, 0.2) is 24.3 Å². The summed E-state index contributed by atoms with van der Waals surface area (Å²) in [5.74, 6) is 0.171. The second kappa shape index (κ2) is 6.33. The molecule has 9 nitrogen and oxygen atoms in total. The summed E-state index contributed by atoms with van der Waals surface area (Å²) in [6.07, 6.45) is -6.94. The Labute approximate surface area is 119 Å². The van der Waals surface area contributed by atoms with Gasteiger partial charge in [-0.15, -0.1) is 0 Å². The number of aliphatic hydroxyl groups excluding tert-OH is 4. The number of non-ortho nitro benzene ring substituents is 1. The highest BCUT2D eigenvalue weighted by atomic mass is 16.7. The maximum atomic E-state index is 10.5. The van der Waals surface area contributed by atoms with Gasteiger partial charge in [0, 0.05) is 12.1 Å². The van der Waals surface area contributed by atoms with Crippen molar-refractivity contribution in [1.29, 1.82) is 0 Å². The standard InChI is InChI=1S/C12H15NO8/c14-5-8-9(15)10(16)11(17)12(21-8)20-7-3-1-6(2-4-7)13(18)19/h1-4,8-12,14-17H,5H2/t8-,9-,10+,11+,12-/m1/s1. The molecule has 21 heavy (non-hydrogen) atoms. The summed E-state index contributed by atoms with van der Waals surface area (Å²) in [5, 5.41) is 48.6. The van der Waals surface area contributed by atoms with Gasteiger partial charge in [0.25, 0.3) is 5.69 Å². The van der Waals surface area contributed by atoms with Crippen LogP contribution in [0.2, 0.25) is 0 Å². The van der Waals surface area contributed by atoms with Crippen LogP contribution in [0.25, 0.3) is 0 Å². The summed E-state index contributed by atoms with van der Waals surface area (Å²) in [6.45, 7) is -0.564. The third-order valence-corrected chi connectivity index (χ3v) is 3.15. The predicted octanol–water partition coefficient (Wildman–Crippen LogP) is -1.23. The SMILES string of the molecule is O=[N+]([O-])c1ccc(O[C@@H]2O[C@H](CO)[C@@H](O)[C@H](O)[C@@H]2O)cc1. The molecule has 116 valence electrons. The summed E-state index contributed by atoms with van der Waals surface area (Å²) < 4.78 is 10.4. The van der Waals surface area contributed by atoms with Crippen molar-refractivity contribution in [3.8, 4) is 5.75 Å². The largest absolute Gasteiger partial charge is 0.462 e. The first-order valence-electron chi connectivity index (χ1n) is 6.15. The fourth-order valence-electron chi connectivity index (χ4n) is 1.95. The minimum Gasteiger partial charge on any atom is -0.462 e. The molecule has 9 heteroatoms. The van der Waals surface area contributed by atoms with Crippen molar-refractivity contribution in [2.45, 2.75) is 30.7 Å². The van der Waals surface area contributed by atoms with Crippen LogP contribution in [0.4, 0.5) is 5.69 Å². The van der Waals surface area contributed by atoms with Crippen molar-refractivity contribution in [2.75, 3.05) is 6.61 Å². The number of benzene rings is 1. The second-order valence-electron chi connectivity index (χ2n) is 4.57. The van der Waals surface area contributed by atoms with Gasteiger partial charge in [-0.25, -0.2) is 0 Å². The van der Waals surface area contributed by atoms with Gasteiger partial charge in [-0.2, -0.15) is 0 Å². The molecular weight excluding hydrogens is 286 g/mol. The summed E-state index contributed by atoms with van der Waals surface area (Å²) in [5.41, 5.74) is -0.129. The molecule has 0 radical (unpaired) electrons. The molecule has 0 amide bonds. The first-order valence-corrected chi connectivity index (χ1v) is 6.15. The normalized spacial score (nSPS) is 32.7. The maximum Gasteiger partial charge on any atom is 0.269 e. The smallest absolute Gasteiger partial charge is 0.269 e. The van der Waals surface area contributed by atoms with Crippen LogP contribution in [0.3, 0.4) is 0 Å². The maximum absolute atomic E-state index is 10.5. The number of aliphatic hydroxyl groups is 4. The number of nitro benzene ring substituents is 1. The van der Waals surface area contributed by atoms with Gasteiger partial charge in [0.1, 0.15) is 30.2 Å². The van der Waals surface area contributed by atoms with E-state index < -0.39 is 42.2 Å². The van der Waals surface area contributed by atoms with Crippen molar-refractivity contribution in [3.63, 3.8) is 0 Å². The van der Waals surface area contributed by atoms with Crippen molar-refractivity contribution in [3.05, 3.63) is 34.4 Å². The van der Waals surface area contributed by atoms with Crippen LogP contribution < -0.4 is 4.74 Å². The Hall–Kier alpha value is -1.78. The summed E-state index contributed by atoms with van der Waals surface area (Å²) >= 11 is 0. The van der Waals surface area contributed by atoms with Crippen molar-refractivity contribution >= 4 is 5.69 Å². The highest BCUT2D eigenvalue weighted by Crippen LogP contribution is 2.25. The van der Waals surface area contributed by atoms with Crippen LogP contribution in [-0.2, 0) is 4.74 Å². The molecule has 0 saturated carbocycles. The number of nitrogens with zero attached hydrogens (tertiary/aromatic N) is 1. The molecule has 1 heterocycles. The number of hydrogen-bond acceptors (Lipinski definition) is 8. The molecule has 1 saturated heterocycles. The molecule has 4 N–H and O–H groups in total. The predicted molar refractivity (Wildman–Crippen MR) is 67.5 cm³/mol. The zero-order chi connectivity index (χ0) is 15.6. The lowest BCUT2D eigenvalue weighted by molar-refractivity contribution is -0.384. The fourth-order valence-corrected chi connectivity index (χ4v) is 1.95. The van der Waals surface area contributed by atoms with Crippen molar-refractivity contribution in [2.24, 2.45) is 0 Å². The Balaban J connectivity index is 2.08. The van der Waals surface area contributed by atoms with E-state index in [2.05, 4.69) is 0 Å². The van der Waals surface area contributed by atoms with Gasteiger partial charge < -0.3 is 29.9 Å². The molecule has 0 spiro atoms. The lowest BCUT2D eigenvalue weighted by Gasteiger charge is -2.39. The molecule has 2 rings (SSSR count). The van der Waals surface area contributed by atoms with Gasteiger partial charge in [0.15, 0.2) is 0 Å². The van der Waals surface area contributed by atoms with Gasteiger partial charge in [-0.05, 0) is 12.1 Å². The van der Waals surface area contributed by atoms with E-state index in [0.29, 0.717) is 0 Å². The molecule has 1 fully saturated rings. The number of rotatable bonds is 4. The van der Waals surface area contributed by atoms with E-state index in [1.54, 1.807) is 0 Å². The molecule has 1 aromatic rings. The molecular formula is C12H15NO8. The van der Waals surface area contributed by atoms with Crippen LogP contribution in [-0.4, -0.2) is 62.7 Å². The summed E-state index contributed by atoms with van der Waals surface area (Å²) in [4.78, 5) is 9.95. The van der Waals surface area contributed by atoms with E-state index in [-0.39, 0.29) is 11.4 Å². The Kier molecular flexibility index (Phi) is 4.70. The van der Waals surface area contributed by atoms with Crippen LogP contribution in [0.5, 0.6) is 5.75 Å². The van der Waals surface area contributed by atoms with E-state index in [0.717, 1.165) is 0 Å². The molecule has 1 aliphatic heterocycles. The van der Waals surface area contributed by atoms with Crippen LogP contribution in [0.1, 0.15) is 0 Å². The average Bonchev–Trinajstić information content (AvgIpc) is 2.48. The highest BCUT2D eigenvalue weighted by Gasteiger charge is 2.44. The molecule has 5 atom stereocenters. The number of ether oxygens (including phenoxy) is 2. The van der Waals surface area contributed by atoms with Crippen molar-refractivity contribution < 1.29 is 34.8 Å². The van der Waals surface area contributed by atoms with Crippen molar-refractivity contribution in [1.82, 2.24) is 0 Å². The molecule has 1 aliphatic rings. The number of nitro groups is 1. The molecule has 0 aliphatic carbocycles. The topological polar surface area (TPSA) is 143 Å². The third kappa shape index (κ3) is 3.28. The Morgan fingerprint density at radius 1 is 1.14 bits per heavy atom. The number of hydrogen-bond donors (Lipinski definition) is 4. The fraction of sp³-hybridized carbons (Fsp3) is 0.500. The first-order chi connectivity index (χ1) is 9.93. The van der Waals surface area contributed by atoms with E-state index >= 15 is 0 Å². The van der Waals surface area contributed by atoms with Gasteiger partial charge in [0.2, 0.25) is 6.29 Å². The molecule has 0 unspecified atom stereocenters. The first kappa shape index (κ1) is 15.6. The van der Waals surface area contributed by atoms with Crippen LogP contribution >= 0.6 is 0 Å². The summed E-state index contributed by atoms with van der Waals surface area (Å²) in [6, 6.07) is 5.03. The van der Waals surface area contributed by atoms with Gasteiger partial charge in [-0.3, -0.25) is 10.1 Å². The van der Waals surface area contributed by atoms with E-state index in [1.165, 1.54) is 24.3 Å². The van der Waals surface area contributed by atoms with Crippen LogP contribution in [0, 0.1) is 10.1 Å². The monoisotopic (exact) mass is 301 g/mol. The Morgan fingerprint density at radius 2 is 1.76 bits per heavy atom. The van der Waals surface area contributed by atoms with E-state index in [4.69, 9.17) is 14.6 Å². The molecule has 0 aromatic heterocycles. The zero-order valence-electron chi connectivity index (χ0n) is 10.8. The minimum atomic E-state index is -1.54. The van der Waals surface area contributed by atoms with E-state index in [1.807, 2.05) is 0 Å². The van der Waals surface area contributed by atoms with Gasteiger partial charge in [-0.1, -0.05) is 0 Å². The van der Waals surface area contributed by atoms with E-state index in [9.17, 15) is 25.4 Å². The lowest BCUT2D eigenvalue weighted by Crippen LogP contribution is -2.60. The third-order valence-electron chi connectivity index (χ3n) is 3.15. The highest BCUT2D eigenvalue weighted by molar-refractivity contribution is 5.36. The van der Waals surface area contributed by atoms with Gasteiger partial charge in [0.05, 0.1) is 11.5 Å². The Bertz CT molecular complexity index is 491. The molecule has 1 aromatic carbocycles. The zero-order valence-corrected chi connectivity index (χ0v) is 10.8. The quantitative estimate of drug-likeness (QED) is 0.400. The second-order valence-corrected chi connectivity index (χ2v) is 4.57. The summed E-state index contributed by atoms with van der Waals surface area (Å²) in [7, 11) is 0. The molecule has 0 bridgehead atoms.